The summed E-state index contributed by atoms with van der Waals surface area (Å²) in [5.41, 5.74) is 1.72. The zero-order valence-corrected chi connectivity index (χ0v) is 14.4. The third kappa shape index (κ3) is 3.58. The number of hydrogen-bond donors (Lipinski definition) is 3. The van der Waals surface area contributed by atoms with Gasteiger partial charge in [0.15, 0.2) is 0 Å². The fourth-order valence-electron chi connectivity index (χ4n) is 3.33. The van der Waals surface area contributed by atoms with Crippen molar-refractivity contribution in [2.75, 3.05) is 29.9 Å². The number of amides is 1. The van der Waals surface area contributed by atoms with E-state index in [9.17, 15) is 4.79 Å². The number of nitrogens with one attached hydrogen (secondary N) is 3. The van der Waals surface area contributed by atoms with Crippen LogP contribution in [0.15, 0.2) is 43.1 Å². The van der Waals surface area contributed by atoms with Crippen molar-refractivity contribution < 1.29 is 4.79 Å². The summed E-state index contributed by atoms with van der Waals surface area (Å²) in [4.78, 5) is 30.3. The lowest BCUT2D eigenvalue weighted by atomic mass is 10.1. The molecule has 0 spiro atoms. The van der Waals surface area contributed by atoms with Crippen LogP contribution in [-0.2, 0) is 4.79 Å². The van der Waals surface area contributed by atoms with Crippen molar-refractivity contribution in [3.05, 3.63) is 43.1 Å². The number of aromatic nitrogens is 4. The molecule has 1 atom stereocenters. The second-order valence-corrected chi connectivity index (χ2v) is 6.38. The van der Waals surface area contributed by atoms with Crippen LogP contribution in [0.25, 0.3) is 11.0 Å². The van der Waals surface area contributed by atoms with Crippen molar-refractivity contribution in [2.45, 2.75) is 18.9 Å². The van der Waals surface area contributed by atoms with Crippen LogP contribution in [-0.4, -0.2) is 51.5 Å². The van der Waals surface area contributed by atoms with Gasteiger partial charge in [-0.2, -0.15) is 0 Å². The van der Waals surface area contributed by atoms with Crippen molar-refractivity contribution in [3.63, 3.8) is 0 Å². The SMILES string of the molecule is O=C(CNc1ccncc1)NC1CCCN(c2ncnc3[nH]ccc23)C1. The summed E-state index contributed by atoms with van der Waals surface area (Å²) in [6, 6.07) is 5.78. The molecule has 0 aromatic carbocycles. The highest BCUT2D eigenvalue weighted by Gasteiger charge is 2.23. The molecule has 3 aromatic rings. The Morgan fingerprint density at radius 2 is 2.15 bits per heavy atom. The van der Waals surface area contributed by atoms with Crippen molar-refractivity contribution in [1.29, 1.82) is 0 Å². The van der Waals surface area contributed by atoms with E-state index in [1.807, 2.05) is 24.4 Å². The van der Waals surface area contributed by atoms with Gasteiger partial charge in [-0.05, 0) is 31.0 Å². The standard InChI is InChI=1S/C18H21N7O/c26-16(10-21-13-3-6-19-7-4-13)24-14-2-1-9-25(11-14)18-15-5-8-20-17(15)22-12-23-18/h3-8,12,14H,1-2,9-11H2,(H,19,21)(H,24,26)(H,20,22,23). The number of aromatic amines is 1. The van der Waals surface area contributed by atoms with Crippen molar-refractivity contribution >= 4 is 28.4 Å². The van der Waals surface area contributed by atoms with E-state index in [0.29, 0.717) is 0 Å². The van der Waals surface area contributed by atoms with Crippen LogP contribution < -0.4 is 15.5 Å². The van der Waals surface area contributed by atoms with Gasteiger partial charge in [-0.15, -0.1) is 0 Å². The van der Waals surface area contributed by atoms with Crippen LogP contribution in [0.3, 0.4) is 0 Å². The van der Waals surface area contributed by atoms with Gasteiger partial charge in [0, 0.05) is 43.4 Å². The van der Waals surface area contributed by atoms with Crippen LogP contribution in [0.4, 0.5) is 11.5 Å². The molecule has 0 radical (unpaired) electrons. The summed E-state index contributed by atoms with van der Waals surface area (Å²) in [5, 5.41) is 7.24. The summed E-state index contributed by atoms with van der Waals surface area (Å²) >= 11 is 0. The number of H-pyrrole nitrogens is 1. The number of fused-ring (bicyclic) bond motifs is 1. The first kappa shape index (κ1) is 16.3. The molecule has 134 valence electrons. The van der Waals surface area contributed by atoms with E-state index in [-0.39, 0.29) is 18.5 Å². The first-order valence-corrected chi connectivity index (χ1v) is 8.76. The molecule has 26 heavy (non-hydrogen) atoms. The first-order valence-electron chi connectivity index (χ1n) is 8.76. The largest absolute Gasteiger partial charge is 0.376 e. The molecule has 8 nitrogen and oxygen atoms in total. The molecule has 3 N–H and O–H groups in total. The van der Waals surface area contributed by atoms with Crippen LogP contribution in [0, 0.1) is 0 Å². The Balaban J connectivity index is 1.36. The van der Waals surface area contributed by atoms with Gasteiger partial charge in [-0.1, -0.05) is 0 Å². The van der Waals surface area contributed by atoms with Gasteiger partial charge < -0.3 is 20.5 Å². The monoisotopic (exact) mass is 351 g/mol. The zero-order valence-electron chi connectivity index (χ0n) is 14.4. The Hall–Kier alpha value is -3.16. The molecule has 1 aliphatic heterocycles. The van der Waals surface area contributed by atoms with E-state index in [1.54, 1.807) is 18.7 Å². The maximum absolute atomic E-state index is 12.3. The number of carbonyl (C=O) groups is 1. The minimum atomic E-state index is -0.0110. The maximum Gasteiger partial charge on any atom is 0.239 e. The molecule has 8 heteroatoms. The lowest BCUT2D eigenvalue weighted by Crippen LogP contribution is -2.49. The van der Waals surface area contributed by atoms with Crippen LogP contribution in [0.2, 0.25) is 0 Å². The second kappa shape index (κ2) is 7.38. The van der Waals surface area contributed by atoms with Gasteiger partial charge in [-0.3, -0.25) is 9.78 Å². The first-order chi connectivity index (χ1) is 12.8. The third-order valence-electron chi connectivity index (χ3n) is 4.55. The molecule has 3 aromatic heterocycles. The van der Waals surface area contributed by atoms with E-state index in [2.05, 4.69) is 35.5 Å². The van der Waals surface area contributed by atoms with Crippen LogP contribution >= 0.6 is 0 Å². The van der Waals surface area contributed by atoms with Gasteiger partial charge in [0.05, 0.1) is 11.9 Å². The minimum absolute atomic E-state index is 0.0110. The minimum Gasteiger partial charge on any atom is -0.376 e. The molecule has 1 fully saturated rings. The molecular weight excluding hydrogens is 330 g/mol. The average molecular weight is 351 g/mol. The highest BCUT2D eigenvalue weighted by Crippen LogP contribution is 2.24. The predicted molar refractivity (Wildman–Crippen MR) is 100.0 cm³/mol. The number of rotatable bonds is 5. The normalized spacial score (nSPS) is 17.2. The van der Waals surface area contributed by atoms with Crippen molar-refractivity contribution in [2.24, 2.45) is 0 Å². The van der Waals surface area contributed by atoms with Gasteiger partial charge in [0.2, 0.25) is 5.91 Å². The Morgan fingerprint density at radius 1 is 1.27 bits per heavy atom. The Morgan fingerprint density at radius 3 is 3.04 bits per heavy atom. The van der Waals surface area contributed by atoms with Crippen molar-refractivity contribution in [3.8, 4) is 0 Å². The van der Waals surface area contributed by atoms with Gasteiger partial charge in [0.25, 0.3) is 0 Å². The lowest BCUT2D eigenvalue weighted by Gasteiger charge is -2.34. The maximum atomic E-state index is 12.3. The van der Waals surface area contributed by atoms with E-state index in [4.69, 9.17) is 0 Å². The predicted octanol–water partition coefficient (Wildman–Crippen LogP) is 1.55. The number of piperidine rings is 1. The molecule has 4 heterocycles. The summed E-state index contributed by atoms with van der Waals surface area (Å²) in [6.45, 7) is 1.92. The Labute approximate surface area is 151 Å². The Bertz CT molecular complexity index is 879. The number of carbonyl (C=O) groups excluding carboxylic acids is 1. The van der Waals surface area contributed by atoms with E-state index >= 15 is 0 Å². The molecular formula is C18H21N7O. The summed E-state index contributed by atoms with van der Waals surface area (Å²) in [6.07, 6.45) is 8.83. The van der Waals surface area contributed by atoms with Gasteiger partial charge in [-0.25, -0.2) is 9.97 Å². The average Bonchev–Trinajstić information content (AvgIpc) is 3.16. The molecule has 1 amide bonds. The van der Waals surface area contributed by atoms with E-state index in [1.165, 1.54) is 0 Å². The van der Waals surface area contributed by atoms with Gasteiger partial charge >= 0.3 is 0 Å². The summed E-state index contributed by atoms with van der Waals surface area (Å²) < 4.78 is 0. The summed E-state index contributed by atoms with van der Waals surface area (Å²) in [7, 11) is 0. The fraction of sp³-hybridized carbons (Fsp3) is 0.333. The molecule has 1 saturated heterocycles. The molecule has 1 unspecified atom stereocenters. The smallest absolute Gasteiger partial charge is 0.239 e. The number of nitrogens with zero attached hydrogens (tertiary/aromatic N) is 4. The third-order valence-corrected chi connectivity index (χ3v) is 4.55. The summed E-state index contributed by atoms with van der Waals surface area (Å²) in [5.74, 6) is 0.910. The molecule has 0 bridgehead atoms. The fourth-order valence-corrected chi connectivity index (χ4v) is 3.33. The molecule has 4 rings (SSSR count). The number of pyridine rings is 1. The van der Waals surface area contributed by atoms with Crippen LogP contribution in [0.1, 0.15) is 12.8 Å². The number of hydrogen-bond acceptors (Lipinski definition) is 6. The quantitative estimate of drug-likeness (QED) is 0.645. The zero-order chi connectivity index (χ0) is 17.8. The van der Waals surface area contributed by atoms with E-state index in [0.717, 1.165) is 48.5 Å². The number of anilines is 2. The highest BCUT2D eigenvalue weighted by molar-refractivity contribution is 5.87. The molecule has 1 aliphatic rings. The molecule has 0 saturated carbocycles. The lowest BCUT2D eigenvalue weighted by molar-refractivity contribution is -0.120. The second-order valence-electron chi connectivity index (χ2n) is 6.38. The molecule has 0 aliphatic carbocycles. The van der Waals surface area contributed by atoms with Crippen molar-refractivity contribution in [1.82, 2.24) is 25.3 Å². The van der Waals surface area contributed by atoms with Crippen LogP contribution in [0.5, 0.6) is 0 Å². The van der Waals surface area contributed by atoms with E-state index < -0.39 is 0 Å². The van der Waals surface area contributed by atoms with Gasteiger partial charge in [0.1, 0.15) is 17.8 Å². The highest BCUT2D eigenvalue weighted by atomic mass is 16.2. The topological polar surface area (TPSA) is 98.8 Å². The Kier molecular flexibility index (Phi) is 4.63.